The monoisotopic (exact) mass is 270 g/mol. The van der Waals surface area contributed by atoms with Crippen LogP contribution in [0.15, 0.2) is 12.1 Å². The van der Waals surface area contributed by atoms with E-state index in [2.05, 4.69) is 0 Å². The minimum atomic E-state index is -0.508. The predicted octanol–water partition coefficient (Wildman–Crippen LogP) is 3.30. The fraction of sp³-hybridized carbons (Fsp3) is 0.417. The molecule has 1 rings (SSSR count). The van der Waals surface area contributed by atoms with Gasteiger partial charge in [-0.25, -0.2) is 0 Å². The van der Waals surface area contributed by atoms with Crippen molar-refractivity contribution < 1.29 is 9.72 Å². The van der Waals surface area contributed by atoms with Crippen molar-refractivity contribution >= 4 is 28.8 Å². The van der Waals surface area contributed by atoms with Gasteiger partial charge in [-0.05, 0) is 26.8 Å². The zero-order valence-corrected chi connectivity index (χ0v) is 11.3. The maximum Gasteiger partial charge on any atom is 0.294 e. The van der Waals surface area contributed by atoms with Crippen LogP contribution >= 0.6 is 11.6 Å². The molecule has 18 heavy (non-hydrogen) atoms. The number of hydrogen-bond donors (Lipinski definition) is 0. The van der Waals surface area contributed by atoms with E-state index >= 15 is 0 Å². The molecule has 0 aliphatic carbocycles. The van der Waals surface area contributed by atoms with Crippen LogP contribution < -0.4 is 4.90 Å². The van der Waals surface area contributed by atoms with E-state index in [0.717, 1.165) is 0 Å². The predicted molar refractivity (Wildman–Crippen MR) is 71.7 cm³/mol. The molecule has 0 spiro atoms. The van der Waals surface area contributed by atoms with Crippen LogP contribution in [0.1, 0.15) is 31.1 Å². The van der Waals surface area contributed by atoms with Crippen molar-refractivity contribution in [1.82, 2.24) is 0 Å². The third-order valence-corrected chi connectivity index (χ3v) is 3.01. The van der Waals surface area contributed by atoms with E-state index < -0.39 is 4.92 Å². The fourth-order valence-corrected chi connectivity index (χ4v) is 2.11. The summed E-state index contributed by atoms with van der Waals surface area (Å²) in [6.07, 6.45) is 0. The molecule has 0 heterocycles. The summed E-state index contributed by atoms with van der Waals surface area (Å²) in [5.41, 5.74) is 0.496. The largest absolute Gasteiger partial charge is 0.365 e. The van der Waals surface area contributed by atoms with Gasteiger partial charge in [0.1, 0.15) is 5.69 Å². The van der Waals surface area contributed by atoms with Crippen molar-refractivity contribution in [2.24, 2.45) is 0 Å². The minimum Gasteiger partial charge on any atom is -0.365 e. The fourth-order valence-electron chi connectivity index (χ4n) is 1.78. The van der Waals surface area contributed by atoms with Crippen molar-refractivity contribution in [3.8, 4) is 0 Å². The summed E-state index contributed by atoms with van der Waals surface area (Å²) in [6.45, 7) is 6.35. The van der Waals surface area contributed by atoms with Gasteiger partial charge in [0.2, 0.25) is 0 Å². The molecular formula is C12H15ClN2O3. The highest BCUT2D eigenvalue weighted by Gasteiger charge is 2.23. The first-order chi connectivity index (χ1) is 8.42. The highest BCUT2D eigenvalue weighted by atomic mass is 35.5. The smallest absolute Gasteiger partial charge is 0.294 e. The lowest BCUT2D eigenvalue weighted by Gasteiger charge is -2.22. The van der Waals surface area contributed by atoms with Gasteiger partial charge in [-0.2, -0.15) is 0 Å². The van der Waals surface area contributed by atoms with Crippen LogP contribution in [-0.2, 0) is 0 Å². The SMILES string of the molecule is CCN(CC)c1c(Cl)cc(C(C)=O)cc1[N+](=O)[O-]. The number of Topliss-reactive ketones (excluding diaryl/α,β-unsaturated/α-hetero) is 1. The Kier molecular flexibility index (Phi) is 4.67. The van der Waals surface area contributed by atoms with Crippen LogP contribution in [0.2, 0.25) is 5.02 Å². The van der Waals surface area contributed by atoms with Crippen LogP contribution in [0, 0.1) is 10.1 Å². The third-order valence-electron chi connectivity index (χ3n) is 2.73. The number of benzene rings is 1. The lowest BCUT2D eigenvalue weighted by molar-refractivity contribution is -0.384. The number of carbonyl (C=O) groups excluding carboxylic acids is 1. The van der Waals surface area contributed by atoms with Crippen LogP contribution in [0.4, 0.5) is 11.4 Å². The topological polar surface area (TPSA) is 63.5 Å². The van der Waals surface area contributed by atoms with Crippen molar-refractivity contribution in [3.63, 3.8) is 0 Å². The van der Waals surface area contributed by atoms with Gasteiger partial charge in [-0.3, -0.25) is 14.9 Å². The molecule has 0 saturated heterocycles. The van der Waals surface area contributed by atoms with E-state index in [0.29, 0.717) is 18.8 Å². The van der Waals surface area contributed by atoms with E-state index in [1.165, 1.54) is 19.1 Å². The Morgan fingerprint density at radius 2 is 1.94 bits per heavy atom. The molecule has 0 radical (unpaired) electrons. The van der Waals surface area contributed by atoms with Gasteiger partial charge in [-0.1, -0.05) is 11.6 Å². The Labute approximate surface area is 110 Å². The maximum absolute atomic E-state index is 11.3. The highest BCUT2D eigenvalue weighted by molar-refractivity contribution is 6.34. The van der Waals surface area contributed by atoms with Gasteiger partial charge in [0.15, 0.2) is 5.78 Å². The van der Waals surface area contributed by atoms with Gasteiger partial charge in [0.25, 0.3) is 5.69 Å². The van der Waals surface area contributed by atoms with E-state index in [-0.39, 0.29) is 22.1 Å². The molecule has 0 bridgehead atoms. The van der Waals surface area contributed by atoms with E-state index in [1.54, 1.807) is 4.90 Å². The van der Waals surface area contributed by atoms with Crippen LogP contribution in [0.5, 0.6) is 0 Å². The lowest BCUT2D eigenvalue weighted by Crippen LogP contribution is -2.23. The Morgan fingerprint density at radius 1 is 1.39 bits per heavy atom. The van der Waals surface area contributed by atoms with Crippen LogP contribution in [0.25, 0.3) is 0 Å². The number of nitro groups is 1. The number of halogens is 1. The Bertz CT molecular complexity index is 484. The second-order valence-corrected chi connectivity index (χ2v) is 4.22. The maximum atomic E-state index is 11.3. The molecule has 0 aromatic heterocycles. The van der Waals surface area contributed by atoms with Gasteiger partial charge in [0, 0.05) is 24.7 Å². The standard InChI is InChI=1S/C12H15ClN2O3/c1-4-14(5-2)12-10(13)6-9(8(3)16)7-11(12)15(17)18/h6-7H,4-5H2,1-3H3. The van der Waals surface area contributed by atoms with Crippen LogP contribution in [-0.4, -0.2) is 23.8 Å². The first-order valence-corrected chi connectivity index (χ1v) is 6.03. The lowest BCUT2D eigenvalue weighted by atomic mass is 10.1. The number of anilines is 1. The van der Waals surface area contributed by atoms with E-state index in [9.17, 15) is 14.9 Å². The minimum absolute atomic E-state index is 0.128. The Balaban J connectivity index is 3.50. The number of carbonyl (C=O) groups is 1. The van der Waals surface area contributed by atoms with E-state index in [1.807, 2.05) is 13.8 Å². The Morgan fingerprint density at radius 3 is 2.33 bits per heavy atom. The zero-order valence-electron chi connectivity index (χ0n) is 10.6. The molecule has 0 N–H and O–H groups in total. The molecule has 0 unspecified atom stereocenters. The van der Waals surface area contributed by atoms with Gasteiger partial charge in [0.05, 0.1) is 9.95 Å². The summed E-state index contributed by atoms with van der Waals surface area (Å²) in [5.74, 6) is -0.244. The summed E-state index contributed by atoms with van der Waals surface area (Å²) >= 11 is 6.08. The zero-order chi connectivity index (χ0) is 13.9. The summed E-state index contributed by atoms with van der Waals surface area (Å²) in [4.78, 5) is 23.7. The third kappa shape index (κ3) is 2.79. The molecule has 0 saturated carbocycles. The molecule has 0 amide bonds. The number of nitro benzene ring substituents is 1. The molecule has 0 atom stereocenters. The summed E-state index contributed by atoms with van der Waals surface area (Å²) in [5, 5.41) is 11.3. The quantitative estimate of drug-likeness (QED) is 0.468. The second-order valence-electron chi connectivity index (χ2n) is 3.81. The van der Waals surface area contributed by atoms with Crippen molar-refractivity contribution in [2.45, 2.75) is 20.8 Å². The number of ketones is 1. The highest BCUT2D eigenvalue weighted by Crippen LogP contribution is 2.36. The number of hydrogen-bond acceptors (Lipinski definition) is 4. The molecule has 0 aliphatic heterocycles. The molecule has 6 heteroatoms. The molecule has 98 valence electrons. The van der Waals surface area contributed by atoms with Gasteiger partial charge >= 0.3 is 0 Å². The van der Waals surface area contributed by atoms with Crippen molar-refractivity contribution in [2.75, 3.05) is 18.0 Å². The van der Waals surface area contributed by atoms with Gasteiger partial charge < -0.3 is 4.90 Å². The molecular weight excluding hydrogens is 256 g/mol. The van der Waals surface area contributed by atoms with Crippen LogP contribution in [0.3, 0.4) is 0 Å². The number of rotatable bonds is 5. The molecule has 1 aromatic carbocycles. The molecule has 0 aliphatic rings. The summed E-state index contributed by atoms with van der Waals surface area (Å²) in [6, 6.07) is 2.76. The summed E-state index contributed by atoms with van der Waals surface area (Å²) in [7, 11) is 0. The van der Waals surface area contributed by atoms with Crippen molar-refractivity contribution in [3.05, 3.63) is 32.8 Å². The molecule has 0 fully saturated rings. The number of nitrogens with zero attached hydrogens (tertiary/aromatic N) is 2. The average Bonchev–Trinajstić information content (AvgIpc) is 2.31. The first kappa shape index (κ1) is 14.4. The van der Waals surface area contributed by atoms with E-state index in [4.69, 9.17) is 11.6 Å². The summed E-state index contributed by atoms with van der Waals surface area (Å²) < 4.78 is 0. The Hall–Kier alpha value is -1.62. The normalized spacial score (nSPS) is 10.2. The van der Waals surface area contributed by atoms with Crippen molar-refractivity contribution in [1.29, 1.82) is 0 Å². The second kappa shape index (κ2) is 5.82. The first-order valence-electron chi connectivity index (χ1n) is 5.66. The average molecular weight is 271 g/mol. The molecule has 1 aromatic rings. The van der Waals surface area contributed by atoms with Gasteiger partial charge in [-0.15, -0.1) is 0 Å². The molecule has 5 nitrogen and oxygen atoms in total.